The molecule has 17 heavy (non-hydrogen) atoms. The molecule has 0 aliphatic carbocycles. The van der Waals surface area contributed by atoms with E-state index in [1.54, 1.807) is 0 Å². The fraction of sp³-hybridized carbons (Fsp3) is 0.923. The number of hydrogen-bond donors (Lipinski definition) is 2. The molecular formula is C13H27N3O. The molecule has 0 aromatic rings. The predicted molar refractivity (Wildman–Crippen MR) is 70.7 cm³/mol. The van der Waals surface area contributed by atoms with Crippen LogP contribution in [0.1, 0.15) is 33.6 Å². The van der Waals surface area contributed by atoms with Gasteiger partial charge in [-0.15, -0.1) is 0 Å². The summed E-state index contributed by atoms with van der Waals surface area (Å²) in [6.07, 6.45) is 2.29. The van der Waals surface area contributed by atoms with E-state index in [0.29, 0.717) is 6.54 Å². The Bertz CT molecular complexity index is 268. The Labute approximate surface area is 105 Å². The normalized spacial score (nSPS) is 21.2. The Balaban J connectivity index is 2.42. The molecule has 3 N–H and O–H groups in total. The standard InChI is InChI=1S/C13H27N3O/c1-12(2,9-14)11(17)15-10-13(3)5-7-16(4)8-6-13/h5-10,14H2,1-4H3,(H,15,17). The van der Waals surface area contributed by atoms with E-state index in [1.807, 2.05) is 13.8 Å². The third-order valence-corrected chi connectivity index (χ3v) is 3.99. The van der Waals surface area contributed by atoms with Gasteiger partial charge in [-0.3, -0.25) is 4.79 Å². The van der Waals surface area contributed by atoms with Crippen LogP contribution < -0.4 is 11.1 Å². The first-order chi connectivity index (χ1) is 7.79. The number of hydrogen-bond acceptors (Lipinski definition) is 3. The largest absolute Gasteiger partial charge is 0.355 e. The van der Waals surface area contributed by atoms with Crippen LogP contribution in [0.5, 0.6) is 0 Å². The second kappa shape index (κ2) is 5.36. The summed E-state index contributed by atoms with van der Waals surface area (Å²) in [6, 6.07) is 0. The van der Waals surface area contributed by atoms with Crippen molar-refractivity contribution in [2.75, 3.05) is 33.2 Å². The summed E-state index contributed by atoms with van der Waals surface area (Å²) < 4.78 is 0. The van der Waals surface area contributed by atoms with Crippen LogP contribution in [0.25, 0.3) is 0 Å². The van der Waals surface area contributed by atoms with E-state index in [4.69, 9.17) is 5.73 Å². The zero-order valence-electron chi connectivity index (χ0n) is 11.7. The average molecular weight is 241 g/mol. The van der Waals surface area contributed by atoms with Crippen molar-refractivity contribution in [1.82, 2.24) is 10.2 Å². The highest BCUT2D eigenvalue weighted by Gasteiger charge is 2.32. The zero-order chi connectivity index (χ0) is 13.1. The first kappa shape index (κ1) is 14.5. The number of amides is 1. The van der Waals surface area contributed by atoms with Gasteiger partial charge in [0.25, 0.3) is 0 Å². The third-order valence-electron chi connectivity index (χ3n) is 3.99. The highest BCUT2D eigenvalue weighted by molar-refractivity contribution is 5.82. The van der Waals surface area contributed by atoms with Crippen LogP contribution >= 0.6 is 0 Å². The fourth-order valence-electron chi connectivity index (χ4n) is 1.96. The molecule has 1 heterocycles. The number of nitrogens with two attached hydrogens (primary N) is 1. The van der Waals surface area contributed by atoms with Crippen molar-refractivity contribution in [3.05, 3.63) is 0 Å². The summed E-state index contributed by atoms with van der Waals surface area (Å²) in [4.78, 5) is 14.3. The summed E-state index contributed by atoms with van der Waals surface area (Å²) in [5.74, 6) is 0.0696. The molecule has 1 amide bonds. The van der Waals surface area contributed by atoms with Crippen LogP contribution in [-0.2, 0) is 4.79 Å². The number of likely N-dealkylation sites (tertiary alicyclic amines) is 1. The molecule has 0 spiro atoms. The van der Waals surface area contributed by atoms with Gasteiger partial charge in [0.15, 0.2) is 0 Å². The minimum Gasteiger partial charge on any atom is -0.355 e. The van der Waals surface area contributed by atoms with Gasteiger partial charge in [-0.25, -0.2) is 0 Å². The van der Waals surface area contributed by atoms with Crippen LogP contribution in [0.2, 0.25) is 0 Å². The summed E-state index contributed by atoms with van der Waals surface area (Å²) >= 11 is 0. The summed E-state index contributed by atoms with van der Waals surface area (Å²) in [5.41, 5.74) is 5.39. The monoisotopic (exact) mass is 241 g/mol. The van der Waals surface area contributed by atoms with Crippen LogP contribution in [0.15, 0.2) is 0 Å². The van der Waals surface area contributed by atoms with Crippen molar-refractivity contribution < 1.29 is 4.79 Å². The highest BCUT2D eigenvalue weighted by atomic mass is 16.2. The minimum atomic E-state index is -0.457. The predicted octanol–water partition coefficient (Wildman–Crippen LogP) is 0.819. The molecule has 4 nitrogen and oxygen atoms in total. The van der Waals surface area contributed by atoms with Gasteiger partial charge < -0.3 is 16.0 Å². The van der Waals surface area contributed by atoms with Gasteiger partial charge in [-0.1, -0.05) is 6.92 Å². The van der Waals surface area contributed by atoms with Gasteiger partial charge in [0.2, 0.25) is 5.91 Å². The van der Waals surface area contributed by atoms with Gasteiger partial charge in [0, 0.05) is 13.1 Å². The molecule has 0 saturated carbocycles. The van der Waals surface area contributed by atoms with E-state index in [9.17, 15) is 4.79 Å². The van der Waals surface area contributed by atoms with Crippen molar-refractivity contribution in [2.24, 2.45) is 16.6 Å². The molecule has 4 heteroatoms. The second-order valence-corrected chi connectivity index (χ2v) is 6.38. The topological polar surface area (TPSA) is 58.4 Å². The molecular weight excluding hydrogens is 214 g/mol. The lowest BCUT2D eigenvalue weighted by molar-refractivity contribution is -0.129. The highest BCUT2D eigenvalue weighted by Crippen LogP contribution is 2.29. The van der Waals surface area contributed by atoms with Crippen LogP contribution in [0.4, 0.5) is 0 Å². The fourth-order valence-corrected chi connectivity index (χ4v) is 1.96. The number of nitrogens with one attached hydrogen (secondary N) is 1. The molecule has 1 saturated heterocycles. The van der Waals surface area contributed by atoms with E-state index in [-0.39, 0.29) is 11.3 Å². The average Bonchev–Trinajstić information content (AvgIpc) is 2.30. The molecule has 1 fully saturated rings. The molecule has 0 unspecified atom stereocenters. The number of carbonyl (C=O) groups excluding carboxylic acids is 1. The van der Waals surface area contributed by atoms with E-state index < -0.39 is 5.41 Å². The van der Waals surface area contributed by atoms with Crippen LogP contribution in [-0.4, -0.2) is 44.0 Å². The summed E-state index contributed by atoms with van der Waals surface area (Å²) in [6.45, 7) is 9.43. The molecule has 1 aliphatic heterocycles. The van der Waals surface area contributed by atoms with E-state index in [0.717, 1.165) is 32.5 Å². The van der Waals surface area contributed by atoms with Gasteiger partial charge in [0.1, 0.15) is 0 Å². The van der Waals surface area contributed by atoms with Crippen LogP contribution in [0.3, 0.4) is 0 Å². The maximum absolute atomic E-state index is 11.9. The maximum atomic E-state index is 11.9. The lowest BCUT2D eigenvalue weighted by atomic mass is 9.80. The number of carbonyl (C=O) groups is 1. The van der Waals surface area contributed by atoms with Gasteiger partial charge >= 0.3 is 0 Å². The summed E-state index contributed by atoms with van der Waals surface area (Å²) in [7, 11) is 2.15. The van der Waals surface area contributed by atoms with Crippen molar-refractivity contribution in [3.8, 4) is 0 Å². The maximum Gasteiger partial charge on any atom is 0.226 e. The van der Waals surface area contributed by atoms with E-state index in [1.165, 1.54) is 0 Å². The van der Waals surface area contributed by atoms with Crippen molar-refractivity contribution >= 4 is 5.91 Å². The molecule has 100 valence electrons. The lowest BCUT2D eigenvalue weighted by Crippen LogP contribution is -2.48. The summed E-state index contributed by atoms with van der Waals surface area (Å²) in [5, 5.41) is 3.06. The van der Waals surface area contributed by atoms with Crippen molar-refractivity contribution in [1.29, 1.82) is 0 Å². The van der Waals surface area contributed by atoms with Crippen molar-refractivity contribution in [3.63, 3.8) is 0 Å². The third kappa shape index (κ3) is 3.96. The van der Waals surface area contributed by atoms with Gasteiger partial charge in [-0.2, -0.15) is 0 Å². The number of piperidine rings is 1. The smallest absolute Gasteiger partial charge is 0.226 e. The molecule has 0 bridgehead atoms. The Morgan fingerprint density at radius 3 is 2.41 bits per heavy atom. The van der Waals surface area contributed by atoms with Crippen molar-refractivity contribution in [2.45, 2.75) is 33.6 Å². The first-order valence-electron chi connectivity index (χ1n) is 6.46. The lowest BCUT2D eigenvalue weighted by Gasteiger charge is -2.38. The zero-order valence-corrected chi connectivity index (χ0v) is 11.7. The van der Waals surface area contributed by atoms with Gasteiger partial charge in [-0.05, 0) is 52.2 Å². The Kier molecular flexibility index (Phi) is 4.55. The Morgan fingerprint density at radius 1 is 1.41 bits per heavy atom. The minimum absolute atomic E-state index is 0.0696. The number of rotatable bonds is 4. The molecule has 0 aromatic carbocycles. The van der Waals surface area contributed by atoms with E-state index in [2.05, 4.69) is 24.2 Å². The molecule has 1 rings (SSSR count). The second-order valence-electron chi connectivity index (χ2n) is 6.38. The molecule has 0 radical (unpaired) electrons. The molecule has 0 atom stereocenters. The number of nitrogens with zero attached hydrogens (tertiary/aromatic N) is 1. The van der Waals surface area contributed by atoms with Gasteiger partial charge in [0.05, 0.1) is 5.41 Å². The quantitative estimate of drug-likeness (QED) is 0.766. The SMILES string of the molecule is CN1CCC(C)(CNC(=O)C(C)(C)CN)CC1. The first-order valence-corrected chi connectivity index (χ1v) is 6.46. The Morgan fingerprint density at radius 2 is 1.94 bits per heavy atom. The van der Waals surface area contributed by atoms with Crippen LogP contribution in [0, 0.1) is 10.8 Å². The molecule has 0 aromatic heterocycles. The Hall–Kier alpha value is -0.610. The van der Waals surface area contributed by atoms with E-state index >= 15 is 0 Å². The molecule has 1 aliphatic rings.